The number of nitrogens with zero attached hydrogens (tertiary/aromatic N) is 2. The van der Waals surface area contributed by atoms with E-state index in [0.717, 1.165) is 38.2 Å². The van der Waals surface area contributed by atoms with Gasteiger partial charge in [-0.15, -0.1) is 0 Å². The average molecular weight is 304 g/mol. The van der Waals surface area contributed by atoms with Crippen molar-refractivity contribution >= 4 is 5.91 Å². The van der Waals surface area contributed by atoms with Crippen molar-refractivity contribution in [1.29, 1.82) is 0 Å². The molecule has 1 unspecified atom stereocenters. The quantitative estimate of drug-likeness (QED) is 0.908. The average Bonchev–Trinajstić information content (AvgIpc) is 2.56. The lowest BCUT2D eigenvalue weighted by atomic mass is 10.0. The number of amides is 1. The van der Waals surface area contributed by atoms with Crippen molar-refractivity contribution in [2.45, 2.75) is 39.2 Å². The maximum Gasteiger partial charge on any atom is 0.253 e. The van der Waals surface area contributed by atoms with Crippen LogP contribution in [0.25, 0.3) is 0 Å². The summed E-state index contributed by atoms with van der Waals surface area (Å²) in [5, 5.41) is 9.38. The van der Waals surface area contributed by atoms with Gasteiger partial charge in [-0.3, -0.25) is 9.69 Å². The zero-order chi connectivity index (χ0) is 16.1. The Labute approximate surface area is 133 Å². The Kier molecular flexibility index (Phi) is 5.98. The van der Waals surface area contributed by atoms with Gasteiger partial charge in [0.1, 0.15) is 0 Å². The number of hydrogen-bond acceptors (Lipinski definition) is 3. The van der Waals surface area contributed by atoms with Crippen LogP contribution in [0.1, 0.15) is 49.0 Å². The molecule has 0 bridgehead atoms. The van der Waals surface area contributed by atoms with Gasteiger partial charge >= 0.3 is 0 Å². The largest absolute Gasteiger partial charge is 0.395 e. The Hall–Kier alpha value is -1.39. The number of benzene rings is 1. The van der Waals surface area contributed by atoms with Gasteiger partial charge in [0.05, 0.1) is 6.61 Å². The molecule has 1 fully saturated rings. The number of piperazine rings is 1. The third-order valence-corrected chi connectivity index (χ3v) is 4.62. The second-order valence-electron chi connectivity index (χ2n) is 6.35. The molecule has 0 saturated carbocycles. The van der Waals surface area contributed by atoms with Gasteiger partial charge in [0.25, 0.3) is 5.91 Å². The van der Waals surface area contributed by atoms with E-state index < -0.39 is 0 Å². The van der Waals surface area contributed by atoms with Gasteiger partial charge in [-0.1, -0.05) is 32.9 Å². The predicted molar refractivity (Wildman–Crippen MR) is 89.2 cm³/mol. The van der Waals surface area contributed by atoms with E-state index in [1.807, 2.05) is 29.2 Å². The molecular weight excluding hydrogens is 276 g/mol. The fraction of sp³-hybridized carbons (Fsp3) is 0.611. The van der Waals surface area contributed by atoms with Gasteiger partial charge < -0.3 is 10.0 Å². The summed E-state index contributed by atoms with van der Waals surface area (Å²) >= 11 is 0. The molecule has 4 nitrogen and oxygen atoms in total. The standard InChI is InChI=1S/C18H28N2O2/c1-4-17(13-21)19-9-11-20(12-10-19)18(22)16-7-5-15(6-8-16)14(2)3/h5-8,14,17,21H,4,9-13H2,1-3H3. The molecule has 122 valence electrons. The Morgan fingerprint density at radius 2 is 1.73 bits per heavy atom. The van der Waals surface area contributed by atoms with Crippen LogP contribution < -0.4 is 0 Å². The van der Waals surface area contributed by atoms with Crippen LogP contribution >= 0.6 is 0 Å². The molecule has 4 heteroatoms. The first-order valence-corrected chi connectivity index (χ1v) is 8.31. The van der Waals surface area contributed by atoms with Crippen LogP contribution in [0.5, 0.6) is 0 Å². The van der Waals surface area contributed by atoms with Gasteiger partial charge in [-0.25, -0.2) is 0 Å². The molecule has 0 aliphatic carbocycles. The first-order chi connectivity index (χ1) is 10.6. The molecule has 0 aromatic heterocycles. The zero-order valence-corrected chi connectivity index (χ0v) is 14.0. The van der Waals surface area contributed by atoms with Crippen LogP contribution in [-0.4, -0.2) is 59.6 Å². The molecule has 1 aliphatic heterocycles. The van der Waals surface area contributed by atoms with Crippen LogP contribution in [0.2, 0.25) is 0 Å². The molecular formula is C18H28N2O2. The highest BCUT2D eigenvalue weighted by Crippen LogP contribution is 2.17. The number of aliphatic hydroxyl groups is 1. The molecule has 1 aliphatic rings. The highest BCUT2D eigenvalue weighted by molar-refractivity contribution is 5.94. The number of aliphatic hydroxyl groups excluding tert-OH is 1. The smallest absolute Gasteiger partial charge is 0.253 e. The number of hydrogen-bond donors (Lipinski definition) is 1. The number of carbonyl (C=O) groups excluding carboxylic acids is 1. The fourth-order valence-corrected chi connectivity index (χ4v) is 2.99. The molecule has 0 radical (unpaired) electrons. The van der Waals surface area contributed by atoms with E-state index in [9.17, 15) is 9.90 Å². The second-order valence-corrected chi connectivity index (χ2v) is 6.35. The summed E-state index contributed by atoms with van der Waals surface area (Å²) in [6, 6.07) is 8.20. The minimum Gasteiger partial charge on any atom is -0.395 e. The molecule has 2 rings (SSSR count). The van der Waals surface area contributed by atoms with Crippen molar-refractivity contribution in [3.05, 3.63) is 35.4 Å². The van der Waals surface area contributed by atoms with Crippen molar-refractivity contribution in [3.63, 3.8) is 0 Å². The summed E-state index contributed by atoms with van der Waals surface area (Å²) in [6.07, 6.45) is 0.946. The third kappa shape index (κ3) is 3.87. The molecule has 1 atom stereocenters. The summed E-state index contributed by atoms with van der Waals surface area (Å²) in [5.74, 6) is 0.601. The van der Waals surface area contributed by atoms with E-state index in [2.05, 4.69) is 25.7 Å². The monoisotopic (exact) mass is 304 g/mol. The van der Waals surface area contributed by atoms with E-state index in [4.69, 9.17) is 0 Å². The third-order valence-electron chi connectivity index (χ3n) is 4.62. The molecule has 0 spiro atoms. The number of rotatable bonds is 5. The SMILES string of the molecule is CCC(CO)N1CCN(C(=O)c2ccc(C(C)C)cc2)CC1. The van der Waals surface area contributed by atoms with Crippen molar-refractivity contribution < 1.29 is 9.90 Å². The number of carbonyl (C=O) groups is 1. The molecule has 1 N–H and O–H groups in total. The molecule has 1 heterocycles. The van der Waals surface area contributed by atoms with Gasteiger partial charge in [0.2, 0.25) is 0 Å². The van der Waals surface area contributed by atoms with Crippen LogP contribution in [0.3, 0.4) is 0 Å². The Bertz CT molecular complexity index is 472. The lowest BCUT2D eigenvalue weighted by molar-refractivity contribution is 0.0472. The topological polar surface area (TPSA) is 43.8 Å². The maximum absolute atomic E-state index is 12.6. The molecule has 1 saturated heterocycles. The van der Waals surface area contributed by atoms with Crippen LogP contribution in [-0.2, 0) is 0 Å². The molecule has 1 aromatic carbocycles. The normalized spacial score (nSPS) is 17.8. The lowest BCUT2D eigenvalue weighted by Crippen LogP contribution is -2.52. The summed E-state index contributed by atoms with van der Waals surface area (Å²) in [4.78, 5) is 16.8. The van der Waals surface area contributed by atoms with E-state index >= 15 is 0 Å². The first kappa shape index (κ1) is 17.0. The van der Waals surface area contributed by atoms with Crippen LogP contribution in [0, 0.1) is 0 Å². The molecule has 1 aromatic rings. The summed E-state index contributed by atoms with van der Waals surface area (Å²) in [7, 11) is 0. The van der Waals surface area contributed by atoms with Crippen molar-refractivity contribution in [1.82, 2.24) is 9.80 Å². The van der Waals surface area contributed by atoms with E-state index in [-0.39, 0.29) is 18.6 Å². The van der Waals surface area contributed by atoms with Gasteiger partial charge in [0.15, 0.2) is 0 Å². The molecule has 1 amide bonds. The van der Waals surface area contributed by atoms with E-state index in [1.54, 1.807) is 0 Å². The Morgan fingerprint density at radius 3 is 2.18 bits per heavy atom. The van der Waals surface area contributed by atoms with Crippen molar-refractivity contribution in [3.8, 4) is 0 Å². The minimum atomic E-state index is 0.118. The maximum atomic E-state index is 12.6. The minimum absolute atomic E-state index is 0.118. The second kappa shape index (κ2) is 7.75. The highest BCUT2D eigenvalue weighted by atomic mass is 16.3. The van der Waals surface area contributed by atoms with Gasteiger partial charge in [-0.2, -0.15) is 0 Å². The summed E-state index contributed by atoms with van der Waals surface area (Å²) in [6.45, 7) is 9.75. The van der Waals surface area contributed by atoms with Crippen molar-refractivity contribution in [2.75, 3.05) is 32.8 Å². The first-order valence-electron chi connectivity index (χ1n) is 8.31. The lowest BCUT2D eigenvalue weighted by Gasteiger charge is -2.38. The van der Waals surface area contributed by atoms with E-state index in [1.165, 1.54) is 5.56 Å². The Balaban J connectivity index is 1.94. The summed E-state index contributed by atoms with van der Waals surface area (Å²) < 4.78 is 0. The van der Waals surface area contributed by atoms with Crippen LogP contribution in [0.15, 0.2) is 24.3 Å². The predicted octanol–water partition coefficient (Wildman–Crippen LogP) is 2.34. The molecule has 22 heavy (non-hydrogen) atoms. The highest BCUT2D eigenvalue weighted by Gasteiger charge is 2.25. The van der Waals surface area contributed by atoms with Crippen molar-refractivity contribution in [2.24, 2.45) is 0 Å². The fourth-order valence-electron chi connectivity index (χ4n) is 2.99. The van der Waals surface area contributed by atoms with Crippen LogP contribution in [0.4, 0.5) is 0 Å². The van der Waals surface area contributed by atoms with Gasteiger partial charge in [0, 0.05) is 37.8 Å². The van der Waals surface area contributed by atoms with Gasteiger partial charge in [-0.05, 0) is 30.0 Å². The van der Waals surface area contributed by atoms with E-state index in [0.29, 0.717) is 5.92 Å². The zero-order valence-electron chi connectivity index (χ0n) is 14.0. The Morgan fingerprint density at radius 1 is 1.14 bits per heavy atom. The summed E-state index contributed by atoms with van der Waals surface area (Å²) in [5.41, 5.74) is 2.03.